The van der Waals surface area contributed by atoms with Gasteiger partial charge in [-0.1, -0.05) is 13.8 Å². The van der Waals surface area contributed by atoms with Gasteiger partial charge < -0.3 is 9.88 Å². The van der Waals surface area contributed by atoms with Gasteiger partial charge in [-0.3, -0.25) is 4.79 Å². The lowest BCUT2D eigenvalue weighted by molar-refractivity contribution is 0.687. The summed E-state index contributed by atoms with van der Waals surface area (Å²) in [5.41, 5.74) is 1.02. The summed E-state index contributed by atoms with van der Waals surface area (Å²) in [7, 11) is 1.75. The predicted molar refractivity (Wildman–Crippen MR) is 55.0 cm³/mol. The molecule has 1 aromatic rings. The van der Waals surface area contributed by atoms with Crippen LogP contribution in [0.5, 0.6) is 0 Å². The number of rotatable bonds is 3. The molecule has 0 aliphatic carbocycles. The molecule has 0 unspecified atom stereocenters. The van der Waals surface area contributed by atoms with Crippen LogP contribution in [0.25, 0.3) is 0 Å². The second-order valence-electron chi connectivity index (χ2n) is 3.64. The van der Waals surface area contributed by atoms with E-state index in [1.165, 1.54) is 0 Å². The number of anilines is 1. The van der Waals surface area contributed by atoms with Gasteiger partial charge in [-0.15, -0.1) is 0 Å². The Morgan fingerprint density at radius 3 is 2.69 bits per heavy atom. The molecule has 0 aliphatic rings. The molecule has 13 heavy (non-hydrogen) atoms. The van der Waals surface area contributed by atoms with Gasteiger partial charge in [0.25, 0.3) is 0 Å². The fourth-order valence-corrected chi connectivity index (χ4v) is 1.02. The number of aromatic nitrogens is 1. The summed E-state index contributed by atoms with van der Waals surface area (Å²) in [4.78, 5) is 11.0. The number of hydrogen-bond donors (Lipinski definition) is 1. The van der Waals surface area contributed by atoms with E-state index < -0.39 is 0 Å². The molecule has 0 amide bonds. The van der Waals surface area contributed by atoms with Crippen molar-refractivity contribution in [1.82, 2.24) is 4.57 Å². The Bertz CT molecular complexity index is 328. The Morgan fingerprint density at radius 1 is 1.46 bits per heavy atom. The molecular weight excluding hydrogens is 164 g/mol. The van der Waals surface area contributed by atoms with Crippen LogP contribution in [0.3, 0.4) is 0 Å². The van der Waals surface area contributed by atoms with Gasteiger partial charge in [0.15, 0.2) is 0 Å². The number of aryl methyl sites for hydroxylation is 1. The highest BCUT2D eigenvalue weighted by molar-refractivity contribution is 5.39. The highest BCUT2D eigenvalue weighted by atomic mass is 16.1. The van der Waals surface area contributed by atoms with E-state index in [2.05, 4.69) is 19.2 Å². The molecule has 3 nitrogen and oxygen atoms in total. The van der Waals surface area contributed by atoms with Crippen LogP contribution < -0.4 is 10.9 Å². The standard InChI is InChI=1S/C10H16N2O/c1-8(2)6-11-9-4-5-10(13)12(3)7-9/h4-5,7-8,11H,6H2,1-3H3. The summed E-state index contributed by atoms with van der Waals surface area (Å²) in [5.74, 6) is 0.609. The Morgan fingerprint density at radius 2 is 2.15 bits per heavy atom. The van der Waals surface area contributed by atoms with Crippen LogP contribution in [0.1, 0.15) is 13.8 Å². The maximum atomic E-state index is 11.0. The predicted octanol–water partition coefficient (Wildman–Crippen LogP) is 1.45. The maximum absolute atomic E-state index is 11.0. The van der Waals surface area contributed by atoms with E-state index in [1.54, 1.807) is 17.7 Å². The molecule has 1 aromatic heterocycles. The highest BCUT2D eigenvalue weighted by Gasteiger charge is 1.96. The third-order valence-corrected chi connectivity index (χ3v) is 1.80. The van der Waals surface area contributed by atoms with E-state index in [9.17, 15) is 4.79 Å². The van der Waals surface area contributed by atoms with Crippen molar-refractivity contribution >= 4 is 5.69 Å². The van der Waals surface area contributed by atoms with E-state index in [4.69, 9.17) is 0 Å². The van der Waals surface area contributed by atoms with Gasteiger partial charge in [0.05, 0.1) is 5.69 Å². The Labute approximate surface area is 78.4 Å². The van der Waals surface area contributed by atoms with Gasteiger partial charge in [0.2, 0.25) is 5.56 Å². The van der Waals surface area contributed by atoms with Crippen molar-refractivity contribution in [3.8, 4) is 0 Å². The Hall–Kier alpha value is -1.25. The van der Waals surface area contributed by atoms with E-state index in [0.717, 1.165) is 12.2 Å². The number of nitrogens with zero attached hydrogens (tertiary/aromatic N) is 1. The minimum absolute atomic E-state index is 0.0232. The minimum atomic E-state index is 0.0232. The van der Waals surface area contributed by atoms with Crippen molar-refractivity contribution in [3.63, 3.8) is 0 Å². The average molecular weight is 180 g/mol. The molecule has 0 aromatic carbocycles. The molecule has 0 atom stereocenters. The van der Waals surface area contributed by atoms with E-state index in [1.807, 2.05) is 12.3 Å². The second-order valence-corrected chi connectivity index (χ2v) is 3.64. The zero-order valence-corrected chi connectivity index (χ0v) is 8.37. The molecule has 0 radical (unpaired) electrons. The molecule has 0 spiro atoms. The summed E-state index contributed by atoms with van der Waals surface area (Å²) < 4.78 is 1.57. The van der Waals surface area contributed by atoms with Crippen molar-refractivity contribution < 1.29 is 0 Å². The SMILES string of the molecule is CC(C)CNc1ccc(=O)n(C)c1. The zero-order chi connectivity index (χ0) is 9.84. The lowest BCUT2D eigenvalue weighted by Gasteiger charge is -2.09. The molecule has 0 saturated carbocycles. The van der Waals surface area contributed by atoms with Gasteiger partial charge in [0, 0.05) is 25.9 Å². The van der Waals surface area contributed by atoms with Gasteiger partial charge in [-0.05, 0) is 12.0 Å². The average Bonchev–Trinajstić information content (AvgIpc) is 2.07. The van der Waals surface area contributed by atoms with Crippen molar-refractivity contribution in [1.29, 1.82) is 0 Å². The molecule has 1 rings (SSSR count). The first-order valence-electron chi connectivity index (χ1n) is 4.50. The lowest BCUT2D eigenvalue weighted by atomic mass is 10.2. The van der Waals surface area contributed by atoms with Crippen LogP contribution in [0.15, 0.2) is 23.1 Å². The van der Waals surface area contributed by atoms with E-state index in [0.29, 0.717) is 5.92 Å². The third kappa shape index (κ3) is 2.93. The fraction of sp³-hybridized carbons (Fsp3) is 0.500. The second kappa shape index (κ2) is 4.12. The summed E-state index contributed by atoms with van der Waals surface area (Å²) in [5, 5.41) is 3.25. The lowest BCUT2D eigenvalue weighted by Crippen LogP contribution is -2.16. The number of hydrogen-bond acceptors (Lipinski definition) is 2. The van der Waals surface area contributed by atoms with Gasteiger partial charge >= 0.3 is 0 Å². The highest BCUT2D eigenvalue weighted by Crippen LogP contribution is 2.03. The van der Waals surface area contributed by atoms with Crippen LogP contribution in [0.4, 0.5) is 5.69 Å². The molecule has 1 heterocycles. The summed E-state index contributed by atoms with van der Waals surface area (Å²) >= 11 is 0. The quantitative estimate of drug-likeness (QED) is 0.764. The fourth-order valence-electron chi connectivity index (χ4n) is 1.02. The minimum Gasteiger partial charge on any atom is -0.384 e. The first-order chi connectivity index (χ1) is 6.09. The molecule has 0 bridgehead atoms. The van der Waals surface area contributed by atoms with Crippen LogP contribution in [0, 0.1) is 5.92 Å². The van der Waals surface area contributed by atoms with Gasteiger partial charge in [-0.25, -0.2) is 0 Å². The van der Waals surface area contributed by atoms with Crippen molar-refractivity contribution in [3.05, 3.63) is 28.7 Å². The van der Waals surface area contributed by atoms with Crippen LogP contribution in [-0.4, -0.2) is 11.1 Å². The summed E-state index contributed by atoms with van der Waals surface area (Å²) in [6.45, 7) is 5.22. The largest absolute Gasteiger partial charge is 0.384 e. The molecule has 0 fully saturated rings. The topological polar surface area (TPSA) is 34.0 Å². The van der Waals surface area contributed by atoms with Crippen molar-refractivity contribution in [2.24, 2.45) is 13.0 Å². The van der Waals surface area contributed by atoms with Crippen LogP contribution >= 0.6 is 0 Å². The zero-order valence-electron chi connectivity index (χ0n) is 8.37. The van der Waals surface area contributed by atoms with Crippen molar-refractivity contribution in [2.45, 2.75) is 13.8 Å². The normalized spacial score (nSPS) is 10.5. The molecular formula is C10H16N2O. The number of nitrogens with one attached hydrogen (secondary N) is 1. The van der Waals surface area contributed by atoms with Gasteiger partial charge in [0.1, 0.15) is 0 Å². The Kier molecular flexibility index (Phi) is 3.12. The van der Waals surface area contributed by atoms with E-state index >= 15 is 0 Å². The summed E-state index contributed by atoms with van der Waals surface area (Å²) in [6, 6.07) is 3.38. The molecule has 0 saturated heterocycles. The van der Waals surface area contributed by atoms with E-state index in [-0.39, 0.29) is 5.56 Å². The molecule has 1 N–H and O–H groups in total. The summed E-state index contributed by atoms with van der Waals surface area (Å²) in [6.07, 6.45) is 1.81. The first kappa shape index (κ1) is 9.84. The third-order valence-electron chi connectivity index (χ3n) is 1.80. The van der Waals surface area contributed by atoms with Crippen LogP contribution in [0.2, 0.25) is 0 Å². The van der Waals surface area contributed by atoms with Crippen molar-refractivity contribution in [2.75, 3.05) is 11.9 Å². The molecule has 72 valence electrons. The first-order valence-corrected chi connectivity index (χ1v) is 4.50. The molecule has 3 heteroatoms. The van der Waals surface area contributed by atoms with Crippen LogP contribution in [-0.2, 0) is 7.05 Å². The Balaban J connectivity index is 2.69. The smallest absolute Gasteiger partial charge is 0.250 e. The number of pyridine rings is 1. The molecule has 0 aliphatic heterocycles. The maximum Gasteiger partial charge on any atom is 0.250 e. The van der Waals surface area contributed by atoms with Gasteiger partial charge in [-0.2, -0.15) is 0 Å². The monoisotopic (exact) mass is 180 g/mol.